The van der Waals surface area contributed by atoms with Gasteiger partial charge >= 0.3 is 5.69 Å². The molecule has 0 aromatic carbocycles. The minimum atomic E-state index is -0.744. The van der Waals surface area contributed by atoms with E-state index in [4.69, 9.17) is 15.6 Å². The lowest BCUT2D eigenvalue weighted by molar-refractivity contribution is -0.0430. The van der Waals surface area contributed by atoms with Crippen LogP contribution in [0.3, 0.4) is 0 Å². The summed E-state index contributed by atoms with van der Waals surface area (Å²) < 4.78 is 7.16. The Kier molecular flexibility index (Phi) is 2.77. The first kappa shape index (κ1) is 12.2. The second-order valence-electron chi connectivity index (χ2n) is 4.53. The van der Waals surface area contributed by atoms with Gasteiger partial charge in [0.1, 0.15) is 18.1 Å². The van der Waals surface area contributed by atoms with Crippen molar-refractivity contribution in [1.82, 2.24) is 14.5 Å². The number of fused-ring (bicyclic) bond motifs is 1. The van der Waals surface area contributed by atoms with Crippen molar-refractivity contribution in [3.8, 4) is 0 Å². The summed E-state index contributed by atoms with van der Waals surface area (Å²) in [6.45, 7) is -0.257. The molecule has 0 bridgehead atoms. The van der Waals surface area contributed by atoms with Crippen molar-refractivity contribution >= 4 is 16.9 Å². The van der Waals surface area contributed by atoms with Crippen LogP contribution in [0.15, 0.2) is 17.1 Å². The molecule has 3 heterocycles. The monoisotopic (exact) mass is 266 g/mol. The molecule has 102 valence electrons. The lowest BCUT2D eigenvalue weighted by Crippen LogP contribution is -2.24. The van der Waals surface area contributed by atoms with Crippen LogP contribution in [-0.4, -0.2) is 43.6 Å². The van der Waals surface area contributed by atoms with Crippen molar-refractivity contribution < 1.29 is 14.9 Å². The second kappa shape index (κ2) is 4.34. The quantitative estimate of drug-likeness (QED) is 0.549. The highest BCUT2D eigenvalue weighted by molar-refractivity contribution is 5.86. The van der Waals surface area contributed by atoms with Gasteiger partial charge in [0.15, 0.2) is 5.65 Å². The van der Waals surface area contributed by atoms with Crippen LogP contribution in [0.5, 0.6) is 0 Å². The van der Waals surface area contributed by atoms with Crippen molar-refractivity contribution in [1.29, 1.82) is 0 Å². The van der Waals surface area contributed by atoms with Crippen LogP contribution in [0.1, 0.15) is 12.6 Å². The highest BCUT2D eigenvalue weighted by Crippen LogP contribution is 2.31. The molecule has 0 aliphatic carbocycles. The van der Waals surface area contributed by atoms with E-state index in [-0.39, 0.29) is 12.4 Å². The fourth-order valence-corrected chi connectivity index (χ4v) is 2.36. The molecule has 2 aromatic heterocycles. The van der Waals surface area contributed by atoms with Gasteiger partial charge in [-0.2, -0.15) is 4.98 Å². The molecule has 0 radical (unpaired) electrons. The van der Waals surface area contributed by atoms with E-state index in [0.717, 1.165) is 0 Å². The summed E-state index contributed by atoms with van der Waals surface area (Å²) >= 11 is 0. The predicted molar refractivity (Wildman–Crippen MR) is 66.4 cm³/mol. The van der Waals surface area contributed by atoms with Crippen molar-refractivity contribution in [2.24, 2.45) is 0 Å². The number of nitrogen functional groups attached to an aromatic ring is 1. The molecule has 3 atom stereocenters. The van der Waals surface area contributed by atoms with E-state index in [2.05, 4.69) is 9.97 Å². The average Bonchev–Trinajstić information content (AvgIpc) is 2.92. The minimum absolute atomic E-state index is 0.242. The van der Waals surface area contributed by atoms with E-state index in [1.807, 2.05) is 0 Å². The van der Waals surface area contributed by atoms with Crippen LogP contribution >= 0.6 is 0 Å². The zero-order valence-corrected chi connectivity index (χ0v) is 9.98. The summed E-state index contributed by atoms with van der Waals surface area (Å²) in [4.78, 5) is 17.6. The van der Waals surface area contributed by atoms with Gasteiger partial charge < -0.3 is 25.3 Å². The molecule has 2 aromatic rings. The number of aromatic nitrogens is 3. The number of ether oxygens (including phenoxy) is 1. The number of H-pyrrole nitrogens is 1. The third-order valence-electron chi connectivity index (χ3n) is 3.32. The van der Waals surface area contributed by atoms with Crippen molar-refractivity contribution in [3.05, 3.63) is 22.7 Å². The maximum Gasteiger partial charge on any atom is 0.348 e. The maximum atomic E-state index is 11.4. The molecule has 3 rings (SSSR count). The molecular formula is C11H14N4O4. The number of aliphatic hydroxyl groups is 2. The molecule has 0 amide bonds. The van der Waals surface area contributed by atoms with Gasteiger partial charge in [-0.3, -0.25) is 4.98 Å². The lowest BCUT2D eigenvalue weighted by Gasteiger charge is -2.14. The third-order valence-corrected chi connectivity index (χ3v) is 3.32. The van der Waals surface area contributed by atoms with Crippen LogP contribution in [-0.2, 0) is 4.74 Å². The largest absolute Gasteiger partial charge is 0.394 e. The van der Waals surface area contributed by atoms with Crippen LogP contribution in [0.4, 0.5) is 5.82 Å². The zero-order valence-electron chi connectivity index (χ0n) is 9.98. The number of hydrogen-bond acceptors (Lipinski definition) is 6. The maximum absolute atomic E-state index is 11.4. The molecule has 1 aliphatic heterocycles. The molecule has 0 spiro atoms. The minimum Gasteiger partial charge on any atom is -0.394 e. The number of aromatic amines is 1. The molecule has 8 heteroatoms. The number of hydrogen-bond donors (Lipinski definition) is 4. The van der Waals surface area contributed by atoms with Gasteiger partial charge in [0, 0.05) is 12.6 Å². The summed E-state index contributed by atoms with van der Waals surface area (Å²) in [5.41, 5.74) is 5.57. The smallest absolute Gasteiger partial charge is 0.348 e. The molecule has 3 unspecified atom stereocenters. The molecule has 5 N–H and O–H groups in total. The predicted octanol–water partition coefficient (Wildman–Crippen LogP) is -1.05. The first-order chi connectivity index (χ1) is 9.10. The molecule has 8 nitrogen and oxygen atoms in total. The number of nitrogens with one attached hydrogen (secondary N) is 1. The summed E-state index contributed by atoms with van der Waals surface area (Å²) in [6.07, 6.45) is 0.175. The number of rotatable bonds is 2. The van der Waals surface area contributed by atoms with Crippen molar-refractivity contribution in [2.75, 3.05) is 12.3 Å². The topological polar surface area (TPSA) is 126 Å². The second-order valence-corrected chi connectivity index (χ2v) is 4.53. The van der Waals surface area contributed by atoms with E-state index >= 15 is 0 Å². The van der Waals surface area contributed by atoms with E-state index in [9.17, 15) is 9.90 Å². The average molecular weight is 266 g/mol. The Morgan fingerprint density at radius 3 is 3.11 bits per heavy atom. The van der Waals surface area contributed by atoms with Crippen molar-refractivity contribution in [2.45, 2.75) is 24.9 Å². The first-order valence-corrected chi connectivity index (χ1v) is 5.91. The van der Waals surface area contributed by atoms with Crippen LogP contribution < -0.4 is 11.4 Å². The van der Waals surface area contributed by atoms with Gasteiger partial charge in [-0.15, -0.1) is 0 Å². The van der Waals surface area contributed by atoms with E-state index < -0.39 is 24.1 Å². The van der Waals surface area contributed by atoms with Gasteiger partial charge in [0.05, 0.1) is 18.1 Å². The van der Waals surface area contributed by atoms with Gasteiger partial charge in [-0.05, 0) is 6.07 Å². The van der Waals surface area contributed by atoms with E-state index in [1.54, 1.807) is 16.8 Å². The Morgan fingerprint density at radius 1 is 1.63 bits per heavy atom. The fraction of sp³-hybridized carbons (Fsp3) is 0.455. The van der Waals surface area contributed by atoms with Gasteiger partial charge in [0.2, 0.25) is 0 Å². The standard InChI is InChI=1S/C11H14N4O4/c12-9-5-1-2-15(10(5)14-11(18)13-9)8-3-6(17)7(4-16)19-8/h1-2,6-8,16-17H,3-4H2,(H3,12,13,14,18). The highest BCUT2D eigenvalue weighted by atomic mass is 16.5. The first-order valence-electron chi connectivity index (χ1n) is 5.91. The third kappa shape index (κ3) is 1.89. The number of nitrogens with zero attached hydrogens (tertiary/aromatic N) is 2. The fourth-order valence-electron chi connectivity index (χ4n) is 2.36. The number of nitrogens with two attached hydrogens (primary N) is 1. The van der Waals surface area contributed by atoms with Crippen LogP contribution in [0.25, 0.3) is 11.0 Å². The zero-order chi connectivity index (χ0) is 13.6. The molecule has 1 aliphatic rings. The number of anilines is 1. The van der Waals surface area contributed by atoms with Crippen LogP contribution in [0, 0.1) is 0 Å². The molecule has 1 fully saturated rings. The Hall–Kier alpha value is -1.90. The van der Waals surface area contributed by atoms with Gasteiger partial charge in [-0.1, -0.05) is 0 Å². The molecule has 0 saturated carbocycles. The summed E-state index contributed by atoms with van der Waals surface area (Å²) in [5, 5.41) is 19.4. The van der Waals surface area contributed by atoms with E-state index in [1.165, 1.54) is 0 Å². The molecular weight excluding hydrogens is 252 g/mol. The van der Waals surface area contributed by atoms with Gasteiger partial charge in [-0.25, -0.2) is 4.79 Å². The lowest BCUT2D eigenvalue weighted by atomic mass is 10.2. The Labute approximate surface area is 107 Å². The molecule has 1 saturated heterocycles. The Bertz CT molecular complexity index is 664. The van der Waals surface area contributed by atoms with Crippen LogP contribution in [0.2, 0.25) is 0 Å². The SMILES string of the molecule is Nc1[nH]c(=O)nc2c1ccn2C1CC(O)C(CO)O1. The van der Waals surface area contributed by atoms with Gasteiger partial charge in [0.25, 0.3) is 0 Å². The Morgan fingerprint density at radius 2 is 2.42 bits per heavy atom. The highest BCUT2D eigenvalue weighted by Gasteiger charge is 2.35. The molecule has 19 heavy (non-hydrogen) atoms. The van der Waals surface area contributed by atoms with E-state index in [0.29, 0.717) is 17.5 Å². The summed E-state index contributed by atoms with van der Waals surface area (Å²) in [5.74, 6) is 0.242. The number of aliphatic hydroxyl groups excluding tert-OH is 2. The summed E-state index contributed by atoms with van der Waals surface area (Å²) in [7, 11) is 0. The normalized spacial score (nSPS) is 27.2. The summed E-state index contributed by atoms with van der Waals surface area (Å²) in [6, 6.07) is 1.72. The Balaban J connectivity index is 2.05. The van der Waals surface area contributed by atoms with Crippen molar-refractivity contribution in [3.63, 3.8) is 0 Å².